The Hall–Kier alpha value is -4.16. The van der Waals surface area contributed by atoms with Gasteiger partial charge in [-0.25, -0.2) is 5.10 Å². The van der Waals surface area contributed by atoms with E-state index < -0.39 is 24.0 Å². The third kappa shape index (κ3) is 4.45. The molecule has 0 aliphatic carbocycles. The van der Waals surface area contributed by atoms with E-state index in [1.807, 2.05) is 0 Å². The van der Waals surface area contributed by atoms with Gasteiger partial charge in [-0.15, -0.1) is 5.10 Å². The third-order valence-corrected chi connectivity index (χ3v) is 4.86. The molecule has 0 unspecified atom stereocenters. The molecule has 2 atom stereocenters. The number of hydrogen-bond acceptors (Lipinski definition) is 9. The zero-order valence-electron chi connectivity index (χ0n) is 16.8. The number of aliphatic hydroxyl groups is 1. The zero-order chi connectivity index (χ0) is 22.5. The summed E-state index contributed by atoms with van der Waals surface area (Å²) in [6, 6.07) is 13.7. The largest absolute Gasteiger partial charge is 0.380 e. The summed E-state index contributed by atoms with van der Waals surface area (Å²) in [6.07, 6.45) is -1.59. The number of hydrazone groups is 1. The topological polar surface area (TPSA) is 172 Å². The number of anilines is 2. The van der Waals surface area contributed by atoms with E-state index in [2.05, 4.69) is 31.0 Å². The van der Waals surface area contributed by atoms with Crippen LogP contribution in [0.4, 0.5) is 11.4 Å². The second-order valence-electron chi connectivity index (χ2n) is 6.92. The molecule has 164 valence electrons. The summed E-state index contributed by atoms with van der Waals surface area (Å²) in [4.78, 5) is 27.0. The Kier molecular flexibility index (Phi) is 6.14. The number of nitrogens with two attached hydrogens (primary N) is 1. The number of hydrogen-bond donors (Lipinski definition) is 4. The van der Waals surface area contributed by atoms with Crippen LogP contribution in [0.3, 0.4) is 0 Å². The molecule has 3 aromatic rings. The SMILES string of the molecule is NN=Cc1ccc(NC(=O)[C@H](O)[C@H]2OCCN(c3cccc(-c4nnn[nH]4)c3)C2=O)cc1. The van der Waals surface area contributed by atoms with Crippen LogP contribution in [0.5, 0.6) is 0 Å². The van der Waals surface area contributed by atoms with Gasteiger partial charge in [0.15, 0.2) is 18.0 Å². The molecule has 2 heterocycles. The molecule has 12 heteroatoms. The number of rotatable bonds is 6. The molecule has 0 bridgehead atoms. The summed E-state index contributed by atoms with van der Waals surface area (Å²) in [5.41, 5.74) is 2.44. The maximum atomic E-state index is 13.0. The molecule has 1 fully saturated rings. The van der Waals surface area contributed by atoms with E-state index in [1.54, 1.807) is 48.5 Å². The highest BCUT2D eigenvalue weighted by Gasteiger charge is 2.39. The highest BCUT2D eigenvalue weighted by molar-refractivity contribution is 6.04. The Morgan fingerprint density at radius 1 is 1.34 bits per heavy atom. The number of carbonyl (C=O) groups excluding carboxylic acids is 2. The van der Waals surface area contributed by atoms with Crippen LogP contribution in [-0.2, 0) is 14.3 Å². The van der Waals surface area contributed by atoms with Crippen molar-refractivity contribution < 1.29 is 19.4 Å². The number of nitrogens with zero attached hydrogens (tertiary/aromatic N) is 5. The first-order valence-electron chi connectivity index (χ1n) is 9.66. The molecule has 0 spiro atoms. The number of amides is 2. The van der Waals surface area contributed by atoms with Gasteiger partial charge in [-0.05, 0) is 40.3 Å². The maximum Gasteiger partial charge on any atom is 0.259 e. The predicted molar refractivity (Wildman–Crippen MR) is 115 cm³/mol. The second kappa shape index (κ2) is 9.32. The lowest BCUT2D eigenvalue weighted by Crippen LogP contribution is -2.55. The molecule has 4 rings (SSSR count). The maximum absolute atomic E-state index is 13.0. The molecule has 12 nitrogen and oxygen atoms in total. The van der Waals surface area contributed by atoms with E-state index in [9.17, 15) is 14.7 Å². The summed E-state index contributed by atoms with van der Waals surface area (Å²) in [5, 5.41) is 30.1. The molecule has 2 aromatic carbocycles. The lowest BCUT2D eigenvalue weighted by Gasteiger charge is -2.34. The molecule has 0 radical (unpaired) electrons. The highest BCUT2D eigenvalue weighted by atomic mass is 16.5. The Morgan fingerprint density at radius 2 is 2.16 bits per heavy atom. The number of aliphatic hydroxyl groups excluding tert-OH is 1. The molecule has 32 heavy (non-hydrogen) atoms. The highest BCUT2D eigenvalue weighted by Crippen LogP contribution is 2.25. The summed E-state index contributed by atoms with van der Waals surface area (Å²) in [5.74, 6) is 4.27. The van der Waals surface area contributed by atoms with E-state index in [4.69, 9.17) is 10.6 Å². The first-order chi connectivity index (χ1) is 15.6. The van der Waals surface area contributed by atoms with Crippen molar-refractivity contribution in [2.24, 2.45) is 10.9 Å². The molecular weight excluding hydrogens is 416 g/mol. The van der Waals surface area contributed by atoms with Crippen molar-refractivity contribution in [2.75, 3.05) is 23.4 Å². The van der Waals surface area contributed by atoms with Crippen LogP contribution in [0, 0.1) is 0 Å². The predicted octanol–water partition coefficient (Wildman–Crippen LogP) is -0.109. The molecule has 1 aliphatic heterocycles. The van der Waals surface area contributed by atoms with Crippen molar-refractivity contribution in [1.82, 2.24) is 20.6 Å². The van der Waals surface area contributed by atoms with Gasteiger partial charge in [0.25, 0.3) is 11.8 Å². The number of aromatic nitrogens is 4. The van der Waals surface area contributed by atoms with E-state index in [0.29, 0.717) is 22.8 Å². The number of benzene rings is 2. The van der Waals surface area contributed by atoms with Gasteiger partial charge in [0.1, 0.15) is 0 Å². The molecule has 2 amide bonds. The summed E-state index contributed by atoms with van der Waals surface area (Å²) in [7, 11) is 0. The number of aromatic amines is 1. The normalized spacial score (nSPS) is 17.5. The first kappa shape index (κ1) is 21.1. The lowest BCUT2D eigenvalue weighted by atomic mass is 10.1. The fourth-order valence-electron chi connectivity index (χ4n) is 3.28. The van der Waals surface area contributed by atoms with Gasteiger partial charge >= 0.3 is 0 Å². The quantitative estimate of drug-likeness (QED) is 0.235. The summed E-state index contributed by atoms with van der Waals surface area (Å²) in [6.45, 7) is 0.425. The van der Waals surface area contributed by atoms with Crippen LogP contribution in [0.1, 0.15) is 5.56 Å². The van der Waals surface area contributed by atoms with Gasteiger partial charge in [-0.2, -0.15) is 5.10 Å². The van der Waals surface area contributed by atoms with Crippen molar-refractivity contribution in [2.45, 2.75) is 12.2 Å². The van der Waals surface area contributed by atoms with Crippen LogP contribution >= 0.6 is 0 Å². The minimum Gasteiger partial charge on any atom is -0.380 e. The van der Waals surface area contributed by atoms with Crippen molar-refractivity contribution in [3.63, 3.8) is 0 Å². The van der Waals surface area contributed by atoms with Crippen LogP contribution < -0.4 is 16.1 Å². The average molecular weight is 436 g/mol. The van der Waals surface area contributed by atoms with E-state index in [-0.39, 0.29) is 13.2 Å². The van der Waals surface area contributed by atoms with Gasteiger partial charge in [0.05, 0.1) is 12.8 Å². The summed E-state index contributed by atoms with van der Waals surface area (Å²) >= 11 is 0. The fraction of sp³-hybridized carbons (Fsp3) is 0.200. The van der Waals surface area contributed by atoms with Crippen molar-refractivity contribution in [3.05, 3.63) is 54.1 Å². The Balaban J connectivity index is 1.46. The van der Waals surface area contributed by atoms with Crippen LogP contribution in [0.2, 0.25) is 0 Å². The second-order valence-corrected chi connectivity index (χ2v) is 6.92. The molecule has 1 aromatic heterocycles. The van der Waals surface area contributed by atoms with Crippen molar-refractivity contribution in [1.29, 1.82) is 0 Å². The molecular formula is C20H20N8O4. The molecule has 0 saturated carbocycles. The van der Waals surface area contributed by atoms with Gasteiger partial charge in [0.2, 0.25) is 0 Å². The van der Waals surface area contributed by atoms with E-state index in [0.717, 1.165) is 5.56 Å². The van der Waals surface area contributed by atoms with E-state index >= 15 is 0 Å². The number of ether oxygens (including phenoxy) is 1. The van der Waals surface area contributed by atoms with Crippen LogP contribution in [0.15, 0.2) is 53.6 Å². The summed E-state index contributed by atoms with van der Waals surface area (Å²) < 4.78 is 5.44. The standard InChI is InChI=1S/C20H20N8O4/c21-22-11-12-4-6-14(7-5-12)23-19(30)16(29)17-20(31)28(8-9-32-17)15-3-1-2-13(10-15)18-24-26-27-25-18/h1-7,10-11,16-17,29H,8-9,21H2,(H,23,30)(H,24,25,26,27)/t16-,17-/m1/s1. The van der Waals surface area contributed by atoms with E-state index in [1.165, 1.54) is 11.1 Å². The van der Waals surface area contributed by atoms with Crippen LogP contribution in [-0.4, -0.2) is 69.1 Å². The number of tetrazole rings is 1. The third-order valence-electron chi connectivity index (χ3n) is 4.86. The average Bonchev–Trinajstić information content (AvgIpc) is 3.35. The number of carbonyl (C=O) groups is 2. The molecule has 1 aliphatic rings. The minimum absolute atomic E-state index is 0.155. The van der Waals surface area contributed by atoms with Gasteiger partial charge in [-0.1, -0.05) is 24.3 Å². The lowest BCUT2D eigenvalue weighted by molar-refractivity contribution is -0.150. The smallest absolute Gasteiger partial charge is 0.259 e. The molecule has 5 N–H and O–H groups in total. The van der Waals surface area contributed by atoms with Crippen molar-refractivity contribution >= 4 is 29.4 Å². The zero-order valence-corrected chi connectivity index (χ0v) is 16.8. The minimum atomic E-state index is -1.70. The first-order valence-corrected chi connectivity index (χ1v) is 9.66. The van der Waals surface area contributed by atoms with Crippen LogP contribution in [0.25, 0.3) is 11.4 Å². The van der Waals surface area contributed by atoms with Gasteiger partial charge in [0, 0.05) is 23.5 Å². The van der Waals surface area contributed by atoms with Gasteiger partial charge in [-0.3, -0.25) is 9.59 Å². The number of morpholine rings is 1. The van der Waals surface area contributed by atoms with Gasteiger partial charge < -0.3 is 25.9 Å². The molecule has 1 saturated heterocycles. The Labute approximate surface area is 182 Å². The Bertz CT molecular complexity index is 1120. The van der Waals surface area contributed by atoms with Crippen molar-refractivity contribution in [3.8, 4) is 11.4 Å². The fourth-order valence-corrected chi connectivity index (χ4v) is 3.28. The monoisotopic (exact) mass is 436 g/mol. The number of H-pyrrole nitrogens is 1. The Morgan fingerprint density at radius 3 is 2.88 bits per heavy atom. The number of nitrogens with one attached hydrogen (secondary N) is 2.